The minimum absolute atomic E-state index is 0.279. The molecule has 0 aliphatic carbocycles. The standard InChI is InChI=1S/C17H19N3O2/c1-4-14-16(13-8-6-7-12(9-13)10-18)15(11(3)19-20-14)17(21)22-5-2/h6-9,16,19H,4-5H2,1-3H3. The van der Waals surface area contributed by atoms with Gasteiger partial charge in [-0.15, -0.1) is 0 Å². The third-order valence-electron chi connectivity index (χ3n) is 3.60. The summed E-state index contributed by atoms with van der Waals surface area (Å²) in [5, 5.41) is 13.5. The Balaban J connectivity index is 2.53. The van der Waals surface area contributed by atoms with Crippen molar-refractivity contribution in [2.24, 2.45) is 5.10 Å². The summed E-state index contributed by atoms with van der Waals surface area (Å²) in [5.74, 6) is -0.626. The van der Waals surface area contributed by atoms with E-state index in [0.29, 0.717) is 29.9 Å². The van der Waals surface area contributed by atoms with Gasteiger partial charge in [-0.25, -0.2) is 4.79 Å². The van der Waals surface area contributed by atoms with Crippen molar-refractivity contribution in [3.8, 4) is 6.07 Å². The second kappa shape index (κ2) is 6.90. The normalized spacial score (nSPS) is 17.4. The number of nitrogens with one attached hydrogen (secondary N) is 1. The molecule has 0 amide bonds. The highest BCUT2D eigenvalue weighted by Crippen LogP contribution is 2.32. The van der Waals surface area contributed by atoms with Crippen LogP contribution in [0.1, 0.15) is 44.2 Å². The molecular weight excluding hydrogens is 278 g/mol. The SMILES string of the molecule is CCOC(=O)C1=C(C)NN=C(CC)C1c1cccc(C#N)c1. The maximum Gasteiger partial charge on any atom is 0.336 e. The first-order chi connectivity index (χ1) is 10.6. The third kappa shape index (κ3) is 3.01. The number of esters is 1. The maximum absolute atomic E-state index is 12.4. The van der Waals surface area contributed by atoms with Crippen molar-refractivity contribution in [3.63, 3.8) is 0 Å². The first-order valence-corrected chi connectivity index (χ1v) is 7.32. The molecule has 1 aliphatic heterocycles. The summed E-state index contributed by atoms with van der Waals surface area (Å²) in [7, 11) is 0. The Hall–Kier alpha value is -2.61. The van der Waals surface area contributed by atoms with E-state index in [1.165, 1.54) is 0 Å². The minimum Gasteiger partial charge on any atom is -0.463 e. The van der Waals surface area contributed by atoms with Crippen molar-refractivity contribution in [2.45, 2.75) is 33.1 Å². The summed E-state index contributed by atoms with van der Waals surface area (Å²) in [6.45, 7) is 5.90. The van der Waals surface area contributed by atoms with Crippen LogP contribution in [0.2, 0.25) is 0 Å². The Morgan fingerprint density at radius 2 is 2.23 bits per heavy atom. The van der Waals surface area contributed by atoms with Gasteiger partial charge in [-0.1, -0.05) is 19.1 Å². The van der Waals surface area contributed by atoms with E-state index in [9.17, 15) is 4.79 Å². The average Bonchev–Trinajstić information content (AvgIpc) is 2.54. The Morgan fingerprint density at radius 3 is 2.86 bits per heavy atom. The molecule has 0 spiro atoms. The summed E-state index contributed by atoms with van der Waals surface area (Å²) in [6, 6.07) is 9.41. The molecular formula is C17H19N3O2. The zero-order valence-electron chi connectivity index (χ0n) is 13.0. The summed E-state index contributed by atoms with van der Waals surface area (Å²) in [4.78, 5) is 12.4. The number of nitrogens with zero attached hydrogens (tertiary/aromatic N) is 2. The van der Waals surface area contributed by atoms with Gasteiger partial charge in [0.1, 0.15) is 0 Å². The van der Waals surface area contributed by atoms with Gasteiger partial charge in [-0.2, -0.15) is 10.4 Å². The predicted octanol–water partition coefficient (Wildman–Crippen LogP) is 2.85. The molecule has 1 aromatic carbocycles. The lowest BCUT2D eigenvalue weighted by Crippen LogP contribution is -2.30. The fraction of sp³-hybridized carbons (Fsp3) is 0.353. The molecule has 1 atom stereocenters. The lowest BCUT2D eigenvalue weighted by atomic mass is 9.83. The van der Waals surface area contributed by atoms with Gasteiger partial charge in [0, 0.05) is 5.70 Å². The molecule has 0 saturated carbocycles. The lowest BCUT2D eigenvalue weighted by molar-refractivity contribution is -0.138. The van der Waals surface area contributed by atoms with Crippen LogP contribution in [-0.2, 0) is 9.53 Å². The van der Waals surface area contributed by atoms with E-state index >= 15 is 0 Å². The Morgan fingerprint density at radius 1 is 1.45 bits per heavy atom. The first kappa shape index (κ1) is 15.8. The smallest absolute Gasteiger partial charge is 0.336 e. The van der Waals surface area contributed by atoms with Gasteiger partial charge in [-0.3, -0.25) is 5.43 Å². The highest BCUT2D eigenvalue weighted by atomic mass is 16.5. The Bertz CT molecular complexity index is 683. The van der Waals surface area contributed by atoms with Crippen molar-refractivity contribution in [3.05, 3.63) is 46.7 Å². The van der Waals surface area contributed by atoms with Crippen LogP contribution in [0.25, 0.3) is 0 Å². The molecule has 0 fully saturated rings. The van der Waals surface area contributed by atoms with Gasteiger partial charge in [0.05, 0.1) is 35.4 Å². The summed E-state index contributed by atoms with van der Waals surface area (Å²) < 4.78 is 5.20. The monoisotopic (exact) mass is 297 g/mol. The number of ether oxygens (including phenoxy) is 1. The van der Waals surface area contributed by atoms with Gasteiger partial charge in [0.15, 0.2) is 0 Å². The van der Waals surface area contributed by atoms with E-state index in [4.69, 9.17) is 10.00 Å². The van der Waals surface area contributed by atoms with Crippen molar-refractivity contribution in [1.82, 2.24) is 5.43 Å². The molecule has 0 aromatic heterocycles. The number of nitriles is 1. The molecule has 0 bridgehead atoms. The highest BCUT2D eigenvalue weighted by molar-refractivity contribution is 6.04. The van der Waals surface area contributed by atoms with E-state index in [0.717, 1.165) is 11.3 Å². The molecule has 1 N–H and O–H groups in total. The second-order valence-corrected chi connectivity index (χ2v) is 5.00. The highest BCUT2D eigenvalue weighted by Gasteiger charge is 2.32. The molecule has 1 unspecified atom stereocenters. The number of hydrogen-bond acceptors (Lipinski definition) is 5. The molecule has 5 heteroatoms. The molecule has 0 radical (unpaired) electrons. The number of carbonyl (C=O) groups excluding carboxylic acids is 1. The van der Waals surface area contributed by atoms with Gasteiger partial charge in [-0.05, 0) is 38.0 Å². The number of carbonyl (C=O) groups is 1. The molecule has 1 heterocycles. The zero-order valence-corrected chi connectivity index (χ0v) is 13.0. The van der Waals surface area contributed by atoms with E-state index in [1.807, 2.05) is 26.0 Å². The molecule has 1 aliphatic rings. The lowest BCUT2D eigenvalue weighted by Gasteiger charge is -2.27. The second-order valence-electron chi connectivity index (χ2n) is 5.00. The van der Waals surface area contributed by atoms with Crippen LogP contribution in [-0.4, -0.2) is 18.3 Å². The number of hydrazone groups is 1. The van der Waals surface area contributed by atoms with Gasteiger partial charge >= 0.3 is 5.97 Å². The van der Waals surface area contributed by atoms with E-state index < -0.39 is 0 Å². The molecule has 114 valence electrons. The van der Waals surface area contributed by atoms with Gasteiger partial charge < -0.3 is 4.74 Å². The predicted molar refractivity (Wildman–Crippen MR) is 84.1 cm³/mol. The van der Waals surface area contributed by atoms with Crippen LogP contribution in [0.15, 0.2) is 40.6 Å². The van der Waals surface area contributed by atoms with Crippen molar-refractivity contribution in [1.29, 1.82) is 5.26 Å². The van der Waals surface area contributed by atoms with E-state index in [2.05, 4.69) is 16.6 Å². The Kier molecular flexibility index (Phi) is 4.95. The van der Waals surface area contributed by atoms with Gasteiger partial charge in [0.25, 0.3) is 0 Å². The molecule has 2 rings (SSSR count). The number of benzene rings is 1. The van der Waals surface area contributed by atoms with Crippen LogP contribution in [0.5, 0.6) is 0 Å². The molecule has 5 nitrogen and oxygen atoms in total. The topological polar surface area (TPSA) is 74.5 Å². The number of allylic oxidation sites excluding steroid dienone is 1. The molecule has 1 aromatic rings. The van der Waals surface area contributed by atoms with Gasteiger partial charge in [0.2, 0.25) is 0 Å². The minimum atomic E-state index is -0.347. The van der Waals surface area contributed by atoms with Crippen LogP contribution < -0.4 is 5.43 Å². The van der Waals surface area contributed by atoms with Crippen LogP contribution in [0, 0.1) is 11.3 Å². The fourth-order valence-corrected chi connectivity index (χ4v) is 2.57. The number of rotatable bonds is 4. The summed E-state index contributed by atoms with van der Waals surface area (Å²) in [6.07, 6.45) is 0.699. The molecule has 0 saturated heterocycles. The van der Waals surface area contributed by atoms with E-state index in [-0.39, 0.29) is 11.9 Å². The van der Waals surface area contributed by atoms with Crippen molar-refractivity contribution in [2.75, 3.05) is 6.61 Å². The van der Waals surface area contributed by atoms with Crippen LogP contribution >= 0.6 is 0 Å². The number of hydrogen-bond donors (Lipinski definition) is 1. The first-order valence-electron chi connectivity index (χ1n) is 7.32. The van der Waals surface area contributed by atoms with Crippen molar-refractivity contribution < 1.29 is 9.53 Å². The quantitative estimate of drug-likeness (QED) is 0.867. The van der Waals surface area contributed by atoms with Crippen molar-refractivity contribution >= 4 is 11.7 Å². The van der Waals surface area contributed by atoms with E-state index in [1.54, 1.807) is 19.1 Å². The Labute approximate surface area is 130 Å². The zero-order chi connectivity index (χ0) is 16.1. The third-order valence-corrected chi connectivity index (χ3v) is 3.60. The fourth-order valence-electron chi connectivity index (χ4n) is 2.57. The van der Waals surface area contributed by atoms with Crippen LogP contribution in [0.3, 0.4) is 0 Å². The molecule has 22 heavy (non-hydrogen) atoms. The maximum atomic E-state index is 12.4. The summed E-state index contributed by atoms with van der Waals surface area (Å²) >= 11 is 0. The average molecular weight is 297 g/mol. The van der Waals surface area contributed by atoms with Crippen LogP contribution in [0.4, 0.5) is 0 Å². The summed E-state index contributed by atoms with van der Waals surface area (Å²) in [5.41, 5.74) is 6.44. The largest absolute Gasteiger partial charge is 0.463 e.